The molecule has 0 aliphatic rings. The standard InChI is InChI=1S/C10H13F2N/c1-3-7(2)13-10-6-8(11)4-5-9(10)12/h4-7,13H,3H2,1-2H3. The quantitative estimate of drug-likeness (QED) is 0.762. The zero-order chi connectivity index (χ0) is 9.84. The monoisotopic (exact) mass is 185 g/mol. The van der Waals surface area contributed by atoms with Gasteiger partial charge in [0.2, 0.25) is 0 Å². The molecule has 0 bridgehead atoms. The molecule has 1 atom stereocenters. The van der Waals surface area contributed by atoms with Crippen LogP contribution in [-0.4, -0.2) is 6.04 Å². The van der Waals surface area contributed by atoms with Crippen LogP contribution in [0.15, 0.2) is 18.2 Å². The second kappa shape index (κ2) is 4.21. The van der Waals surface area contributed by atoms with E-state index in [0.717, 1.165) is 18.6 Å². The van der Waals surface area contributed by atoms with Crippen LogP contribution in [0.1, 0.15) is 20.3 Å². The molecule has 0 aliphatic heterocycles. The van der Waals surface area contributed by atoms with Gasteiger partial charge in [0, 0.05) is 6.04 Å². The summed E-state index contributed by atoms with van der Waals surface area (Å²) in [6.07, 6.45) is 0.871. The second-order valence-corrected chi connectivity index (χ2v) is 3.08. The Balaban J connectivity index is 2.81. The van der Waals surface area contributed by atoms with Crippen molar-refractivity contribution in [2.45, 2.75) is 26.3 Å². The molecule has 0 aromatic heterocycles. The van der Waals surface area contributed by atoms with Gasteiger partial charge in [0.05, 0.1) is 5.69 Å². The lowest BCUT2D eigenvalue weighted by Crippen LogP contribution is -2.14. The lowest BCUT2D eigenvalue weighted by molar-refractivity contribution is 0.599. The van der Waals surface area contributed by atoms with Crippen LogP contribution >= 0.6 is 0 Å². The lowest BCUT2D eigenvalue weighted by Gasteiger charge is -2.13. The Morgan fingerprint density at radius 2 is 2.08 bits per heavy atom. The summed E-state index contributed by atoms with van der Waals surface area (Å²) in [4.78, 5) is 0. The highest BCUT2D eigenvalue weighted by Crippen LogP contribution is 2.16. The van der Waals surface area contributed by atoms with Crippen molar-refractivity contribution >= 4 is 5.69 Å². The van der Waals surface area contributed by atoms with E-state index in [-0.39, 0.29) is 11.7 Å². The molecule has 3 heteroatoms. The average molecular weight is 185 g/mol. The summed E-state index contributed by atoms with van der Waals surface area (Å²) in [7, 11) is 0. The third kappa shape index (κ3) is 2.68. The first-order valence-electron chi connectivity index (χ1n) is 4.35. The van der Waals surface area contributed by atoms with Gasteiger partial charge in [-0.2, -0.15) is 0 Å². The van der Waals surface area contributed by atoms with E-state index in [1.807, 2.05) is 13.8 Å². The van der Waals surface area contributed by atoms with Gasteiger partial charge in [-0.3, -0.25) is 0 Å². The molecule has 0 aliphatic carbocycles. The van der Waals surface area contributed by atoms with Crippen LogP contribution in [0.4, 0.5) is 14.5 Å². The van der Waals surface area contributed by atoms with E-state index >= 15 is 0 Å². The van der Waals surface area contributed by atoms with Gasteiger partial charge in [-0.05, 0) is 31.5 Å². The highest BCUT2D eigenvalue weighted by molar-refractivity contribution is 5.45. The van der Waals surface area contributed by atoms with Gasteiger partial charge in [-0.15, -0.1) is 0 Å². The van der Waals surface area contributed by atoms with Crippen LogP contribution in [0.25, 0.3) is 0 Å². The van der Waals surface area contributed by atoms with Crippen LogP contribution in [0, 0.1) is 11.6 Å². The van der Waals surface area contributed by atoms with Crippen molar-refractivity contribution in [2.75, 3.05) is 5.32 Å². The SMILES string of the molecule is CCC(C)Nc1cc(F)ccc1F. The predicted molar refractivity (Wildman–Crippen MR) is 49.7 cm³/mol. The summed E-state index contributed by atoms with van der Waals surface area (Å²) in [6, 6.07) is 3.55. The molecule has 1 unspecified atom stereocenters. The molecular formula is C10H13F2N. The Morgan fingerprint density at radius 1 is 1.38 bits per heavy atom. The van der Waals surface area contributed by atoms with Gasteiger partial charge in [0.15, 0.2) is 0 Å². The maximum absolute atomic E-state index is 13.0. The van der Waals surface area contributed by atoms with Crippen molar-refractivity contribution in [1.82, 2.24) is 0 Å². The van der Waals surface area contributed by atoms with Crippen molar-refractivity contribution in [3.05, 3.63) is 29.8 Å². The summed E-state index contributed by atoms with van der Waals surface area (Å²) >= 11 is 0. The minimum Gasteiger partial charge on any atom is -0.380 e. The minimum atomic E-state index is -0.424. The zero-order valence-corrected chi connectivity index (χ0v) is 7.77. The third-order valence-corrected chi connectivity index (χ3v) is 1.94. The number of halogens is 2. The molecule has 1 nitrogen and oxygen atoms in total. The first kappa shape index (κ1) is 9.96. The van der Waals surface area contributed by atoms with E-state index in [4.69, 9.17) is 0 Å². The van der Waals surface area contributed by atoms with Crippen LogP contribution in [0.5, 0.6) is 0 Å². The molecule has 0 saturated heterocycles. The van der Waals surface area contributed by atoms with Crippen LogP contribution < -0.4 is 5.32 Å². The first-order valence-corrected chi connectivity index (χ1v) is 4.35. The smallest absolute Gasteiger partial charge is 0.146 e. The normalized spacial score (nSPS) is 12.6. The Labute approximate surface area is 76.8 Å². The van der Waals surface area contributed by atoms with Gasteiger partial charge in [0.25, 0.3) is 0 Å². The molecule has 72 valence electrons. The maximum Gasteiger partial charge on any atom is 0.146 e. The van der Waals surface area contributed by atoms with Gasteiger partial charge in [-0.25, -0.2) is 8.78 Å². The number of anilines is 1. The fraction of sp³-hybridized carbons (Fsp3) is 0.400. The van der Waals surface area contributed by atoms with Gasteiger partial charge >= 0.3 is 0 Å². The van der Waals surface area contributed by atoms with Gasteiger partial charge in [0.1, 0.15) is 11.6 Å². The molecule has 13 heavy (non-hydrogen) atoms. The summed E-state index contributed by atoms with van der Waals surface area (Å²) in [5.74, 6) is -0.839. The Hall–Kier alpha value is -1.12. The number of rotatable bonds is 3. The molecule has 0 heterocycles. The fourth-order valence-electron chi connectivity index (χ4n) is 0.976. The molecule has 0 saturated carbocycles. The zero-order valence-electron chi connectivity index (χ0n) is 7.77. The Morgan fingerprint density at radius 3 is 2.69 bits per heavy atom. The van der Waals surface area contributed by atoms with Crippen LogP contribution in [-0.2, 0) is 0 Å². The average Bonchev–Trinajstić information content (AvgIpc) is 2.11. The molecular weight excluding hydrogens is 172 g/mol. The Bertz CT molecular complexity index is 286. The third-order valence-electron chi connectivity index (χ3n) is 1.94. The molecule has 1 rings (SSSR count). The molecule has 0 amide bonds. The molecule has 1 aromatic carbocycles. The number of nitrogens with one attached hydrogen (secondary N) is 1. The fourth-order valence-corrected chi connectivity index (χ4v) is 0.976. The minimum absolute atomic E-state index is 0.149. The molecule has 1 aromatic rings. The van der Waals surface area contributed by atoms with Crippen molar-refractivity contribution in [2.24, 2.45) is 0 Å². The van der Waals surface area contributed by atoms with Crippen molar-refractivity contribution in [3.63, 3.8) is 0 Å². The first-order chi connectivity index (χ1) is 6.13. The second-order valence-electron chi connectivity index (χ2n) is 3.08. The van der Waals surface area contributed by atoms with Crippen molar-refractivity contribution < 1.29 is 8.78 Å². The maximum atomic E-state index is 13.0. The topological polar surface area (TPSA) is 12.0 Å². The van der Waals surface area contributed by atoms with Crippen molar-refractivity contribution in [1.29, 1.82) is 0 Å². The lowest BCUT2D eigenvalue weighted by atomic mass is 10.2. The van der Waals surface area contributed by atoms with Gasteiger partial charge < -0.3 is 5.32 Å². The van der Waals surface area contributed by atoms with E-state index in [1.165, 1.54) is 6.07 Å². The van der Waals surface area contributed by atoms with E-state index in [2.05, 4.69) is 5.32 Å². The van der Waals surface area contributed by atoms with Crippen LogP contribution in [0.2, 0.25) is 0 Å². The van der Waals surface area contributed by atoms with E-state index < -0.39 is 11.6 Å². The van der Waals surface area contributed by atoms with E-state index in [0.29, 0.717) is 0 Å². The summed E-state index contributed by atoms with van der Waals surface area (Å²) in [6.45, 7) is 3.90. The van der Waals surface area contributed by atoms with E-state index in [1.54, 1.807) is 0 Å². The summed E-state index contributed by atoms with van der Waals surface area (Å²) in [5, 5.41) is 2.89. The number of hydrogen-bond acceptors (Lipinski definition) is 1. The Kier molecular flexibility index (Phi) is 3.23. The number of hydrogen-bond donors (Lipinski definition) is 1. The molecule has 0 radical (unpaired) electrons. The van der Waals surface area contributed by atoms with Crippen molar-refractivity contribution in [3.8, 4) is 0 Å². The van der Waals surface area contributed by atoms with Gasteiger partial charge in [-0.1, -0.05) is 6.92 Å². The highest BCUT2D eigenvalue weighted by atomic mass is 19.1. The largest absolute Gasteiger partial charge is 0.380 e. The molecule has 0 fully saturated rings. The summed E-state index contributed by atoms with van der Waals surface area (Å²) < 4.78 is 25.7. The van der Waals surface area contributed by atoms with E-state index in [9.17, 15) is 8.78 Å². The molecule has 0 spiro atoms. The highest BCUT2D eigenvalue weighted by Gasteiger charge is 2.05. The predicted octanol–water partition coefficient (Wildman–Crippen LogP) is 3.18. The van der Waals surface area contributed by atoms with Crippen LogP contribution in [0.3, 0.4) is 0 Å². The number of benzene rings is 1. The molecule has 1 N–H and O–H groups in total. The summed E-state index contributed by atoms with van der Waals surface area (Å²) in [5.41, 5.74) is 0.231.